The van der Waals surface area contributed by atoms with E-state index in [0.717, 1.165) is 45.0 Å². The molecule has 0 saturated carbocycles. The van der Waals surface area contributed by atoms with Crippen molar-refractivity contribution in [3.63, 3.8) is 0 Å². The van der Waals surface area contributed by atoms with Gasteiger partial charge in [-0.2, -0.15) is 5.10 Å². The molecule has 7 nitrogen and oxygen atoms in total. The molecule has 5 rings (SSSR count). The van der Waals surface area contributed by atoms with E-state index in [0.29, 0.717) is 11.4 Å². The van der Waals surface area contributed by atoms with Gasteiger partial charge in [0.25, 0.3) is 5.56 Å². The van der Waals surface area contributed by atoms with Crippen LogP contribution in [0.15, 0.2) is 65.5 Å². The van der Waals surface area contributed by atoms with Gasteiger partial charge >= 0.3 is 0 Å². The molecule has 0 aliphatic carbocycles. The summed E-state index contributed by atoms with van der Waals surface area (Å²) >= 11 is 0. The number of H-pyrrole nitrogens is 1. The van der Waals surface area contributed by atoms with Crippen LogP contribution in [0.4, 0.5) is 0 Å². The second-order valence-electron chi connectivity index (χ2n) is 7.85. The van der Waals surface area contributed by atoms with Crippen LogP contribution >= 0.6 is 0 Å². The number of nitrogens with zero attached hydrogens (tertiary/aromatic N) is 4. The second kappa shape index (κ2) is 7.53. The lowest BCUT2D eigenvalue weighted by Crippen LogP contribution is -2.18. The van der Waals surface area contributed by atoms with E-state index in [1.807, 2.05) is 86.1 Å². The molecule has 0 aliphatic rings. The summed E-state index contributed by atoms with van der Waals surface area (Å²) in [5.74, 6) is 1.32. The minimum absolute atomic E-state index is 0.167. The van der Waals surface area contributed by atoms with Crippen LogP contribution in [0.3, 0.4) is 0 Å². The van der Waals surface area contributed by atoms with Crippen molar-refractivity contribution in [2.45, 2.75) is 20.8 Å². The summed E-state index contributed by atoms with van der Waals surface area (Å²) in [5.41, 5.74) is 5.44. The van der Waals surface area contributed by atoms with E-state index in [9.17, 15) is 4.79 Å². The van der Waals surface area contributed by atoms with Crippen LogP contribution in [0.1, 0.15) is 17.0 Å². The van der Waals surface area contributed by atoms with Crippen molar-refractivity contribution in [1.82, 2.24) is 24.5 Å². The van der Waals surface area contributed by atoms with Gasteiger partial charge in [0, 0.05) is 11.1 Å². The van der Waals surface area contributed by atoms with Gasteiger partial charge in [-0.15, -0.1) is 0 Å². The molecule has 3 heterocycles. The smallest absolute Gasteiger partial charge is 0.282 e. The number of nitrogens with one attached hydrogen (secondary N) is 1. The molecule has 0 radical (unpaired) electrons. The first kappa shape index (κ1) is 19.8. The Morgan fingerprint density at radius 3 is 2.50 bits per heavy atom. The Morgan fingerprint density at radius 2 is 1.75 bits per heavy atom. The van der Waals surface area contributed by atoms with Crippen molar-refractivity contribution < 1.29 is 4.74 Å². The average molecular weight is 425 g/mol. The van der Waals surface area contributed by atoms with E-state index in [1.54, 1.807) is 7.11 Å². The molecule has 0 amide bonds. The van der Waals surface area contributed by atoms with E-state index in [1.165, 1.54) is 4.68 Å². The summed E-state index contributed by atoms with van der Waals surface area (Å²) in [6.45, 7) is 5.82. The number of para-hydroxylation sites is 1. The summed E-state index contributed by atoms with van der Waals surface area (Å²) in [7, 11) is 1.64. The van der Waals surface area contributed by atoms with Crippen molar-refractivity contribution >= 4 is 10.9 Å². The van der Waals surface area contributed by atoms with Crippen molar-refractivity contribution in [2.24, 2.45) is 0 Å². The first-order valence-corrected chi connectivity index (χ1v) is 10.4. The summed E-state index contributed by atoms with van der Waals surface area (Å²) in [4.78, 5) is 18.3. The highest BCUT2D eigenvalue weighted by atomic mass is 16.5. The molecule has 0 spiro atoms. The minimum Gasteiger partial charge on any atom is -0.497 e. The van der Waals surface area contributed by atoms with Crippen molar-refractivity contribution in [3.05, 3.63) is 88.0 Å². The van der Waals surface area contributed by atoms with E-state index in [4.69, 9.17) is 9.72 Å². The molecule has 0 fully saturated rings. The monoisotopic (exact) mass is 425 g/mol. The maximum atomic E-state index is 13.6. The number of aromatic nitrogens is 5. The van der Waals surface area contributed by atoms with Crippen molar-refractivity contribution in [1.29, 1.82) is 0 Å². The molecule has 0 atom stereocenters. The molecule has 32 heavy (non-hydrogen) atoms. The van der Waals surface area contributed by atoms with E-state index >= 15 is 0 Å². The zero-order valence-corrected chi connectivity index (χ0v) is 18.4. The van der Waals surface area contributed by atoms with Gasteiger partial charge in [-0.05, 0) is 68.8 Å². The van der Waals surface area contributed by atoms with E-state index < -0.39 is 0 Å². The first-order valence-electron chi connectivity index (χ1n) is 10.4. The average Bonchev–Trinajstić information content (AvgIpc) is 3.32. The predicted molar refractivity (Wildman–Crippen MR) is 125 cm³/mol. The molecule has 1 N–H and O–H groups in total. The van der Waals surface area contributed by atoms with Gasteiger partial charge in [-0.3, -0.25) is 9.89 Å². The van der Waals surface area contributed by atoms with Gasteiger partial charge in [0.05, 0.1) is 35.3 Å². The quantitative estimate of drug-likeness (QED) is 0.460. The third kappa shape index (κ3) is 3.19. The van der Waals surface area contributed by atoms with Crippen LogP contribution in [0.5, 0.6) is 5.75 Å². The van der Waals surface area contributed by atoms with Gasteiger partial charge in [-0.1, -0.05) is 18.2 Å². The van der Waals surface area contributed by atoms with Crippen LogP contribution in [-0.2, 0) is 0 Å². The fraction of sp³-hybridized carbons (Fsp3) is 0.160. The molecule has 0 unspecified atom stereocenters. The molecule has 0 bridgehead atoms. The van der Waals surface area contributed by atoms with Gasteiger partial charge < -0.3 is 4.74 Å². The fourth-order valence-corrected chi connectivity index (χ4v) is 4.05. The highest BCUT2D eigenvalue weighted by Crippen LogP contribution is 2.26. The van der Waals surface area contributed by atoms with Gasteiger partial charge in [-0.25, -0.2) is 14.3 Å². The number of fused-ring (bicyclic) bond motifs is 1. The molecule has 7 heteroatoms. The lowest BCUT2D eigenvalue weighted by Gasteiger charge is -2.08. The number of pyridine rings is 1. The number of aryl methyl sites for hydroxylation is 3. The van der Waals surface area contributed by atoms with Crippen molar-refractivity contribution in [3.8, 4) is 28.5 Å². The molecule has 160 valence electrons. The predicted octanol–water partition coefficient (Wildman–Crippen LogP) is 4.50. The van der Waals surface area contributed by atoms with Gasteiger partial charge in [0.15, 0.2) is 5.82 Å². The van der Waals surface area contributed by atoms with Gasteiger partial charge in [0.2, 0.25) is 0 Å². The summed E-state index contributed by atoms with van der Waals surface area (Å²) in [6, 6.07) is 19.4. The molecule has 5 aromatic rings. The van der Waals surface area contributed by atoms with E-state index in [-0.39, 0.29) is 5.56 Å². The minimum atomic E-state index is -0.167. The molecule has 2 aromatic carbocycles. The third-order valence-electron chi connectivity index (χ3n) is 5.60. The van der Waals surface area contributed by atoms with Crippen LogP contribution < -0.4 is 10.3 Å². The van der Waals surface area contributed by atoms with Crippen LogP contribution in [0.2, 0.25) is 0 Å². The number of rotatable bonds is 4. The fourth-order valence-electron chi connectivity index (χ4n) is 4.05. The largest absolute Gasteiger partial charge is 0.497 e. The number of benzene rings is 2. The lowest BCUT2D eigenvalue weighted by atomic mass is 10.1. The number of methoxy groups -OCH3 is 1. The third-order valence-corrected chi connectivity index (χ3v) is 5.60. The molecule has 0 aliphatic heterocycles. The topological polar surface area (TPSA) is 77.7 Å². The van der Waals surface area contributed by atoms with E-state index in [2.05, 4.69) is 10.2 Å². The number of aromatic amines is 1. The first-order chi connectivity index (χ1) is 15.5. The molecular formula is C25H23N5O2. The lowest BCUT2D eigenvalue weighted by molar-refractivity contribution is 0.415. The highest BCUT2D eigenvalue weighted by molar-refractivity contribution is 5.84. The molecular weight excluding hydrogens is 402 g/mol. The normalized spacial score (nSPS) is 11.2. The number of hydrogen-bond donors (Lipinski definition) is 1. The Labute approximate surface area is 184 Å². The van der Waals surface area contributed by atoms with Crippen molar-refractivity contribution in [2.75, 3.05) is 7.11 Å². The van der Waals surface area contributed by atoms with Crippen LogP contribution in [0, 0.1) is 20.8 Å². The summed E-state index contributed by atoms with van der Waals surface area (Å²) < 4.78 is 8.64. The maximum Gasteiger partial charge on any atom is 0.282 e. The Kier molecular flexibility index (Phi) is 4.66. The molecule has 0 saturated heterocycles. The Hall–Kier alpha value is -4.13. The van der Waals surface area contributed by atoms with Crippen LogP contribution in [-0.4, -0.2) is 31.7 Å². The molecule has 3 aromatic heterocycles. The Bertz CT molecular complexity index is 1510. The van der Waals surface area contributed by atoms with Crippen LogP contribution in [0.25, 0.3) is 33.7 Å². The standard InChI is InChI=1S/C25H23N5O2/c1-15-12-23(26-21-11-10-19(32-4)14-20(15)21)30-25(31)24(17(3)28-30)22-13-16(2)27-29(22)18-8-6-5-7-9-18/h5-14,28H,1-4H3. The summed E-state index contributed by atoms with van der Waals surface area (Å²) in [5, 5.41) is 8.81. The van der Waals surface area contributed by atoms with Gasteiger partial charge in [0.1, 0.15) is 5.75 Å². The zero-order chi connectivity index (χ0) is 22.4. The number of hydrogen-bond acceptors (Lipinski definition) is 4. The Balaban J connectivity index is 1.68. The second-order valence-corrected chi connectivity index (χ2v) is 7.85. The zero-order valence-electron chi connectivity index (χ0n) is 18.4. The SMILES string of the molecule is COc1ccc2nc(-n3[nH]c(C)c(-c4cc(C)nn4-c4ccccc4)c3=O)cc(C)c2c1. The summed E-state index contributed by atoms with van der Waals surface area (Å²) in [6.07, 6.45) is 0. The Morgan fingerprint density at radius 1 is 0.969 bits per heavy atom. The maximum absolute atomic E-state index is 13.6. The highest BCUT2D eigenvalue weighted by Gasteiger charge is 2.20. The number of ether oxygens (including phenoxy) is 1.